The van der Waals surface area contributed by atoms with Gasteiger partial charge in [-0.3, -0.25) is 9.59 Å². The highest BCUT2D eigenvalue weighted by atomic mass is 16.5. The molecule has 2 aliphatic heterocycles. The monoisotopic (exact) mass is 374 g/mol. The Hall–Kier alpha value is -2.26. The molecule has 0 spiro atoms. The molecule has 0 N–H and O–H groups in total. The van der Waals surface area contributed by atoms with Crippen molar-refractivity contribution in [1.82, 2.24) is 0 Å². The van der Waals surface area contributed by atoms with E-state index in [1.807, 2.05) is 45.9 Å². The van der Waals surface area contributed by atoms with E-state index in [0.29, 0.717) is 0 Å². The smallest absolute Gasteiger partial charge is 0.154 e. The van der Waals surface area contributed by atoms with Crippen LogP contribution in [0.4, 0.5) is 0 Å². The number of hydrogen-bond acceptors (Lipinski definition) is 3. The SMILES string of the molecule is Cc1cc(-c2ccccc2)cc(C)c1C1C(=O)[C@@H]2[C@H](C1=O)[C@@]1(C)CC[C@]2(C)O1. The molecule has 0 aromatic heterocycles. The number of carbonyl (C=O) groups is 2. The van der Waals surface area contributed by atoms with Crippen LogP contribution in [0.2, 0.25) is 0 Å². The summed E-state index contributed by atoms with van der Waals surface area (Å²) in [4.78, 5) is 27.0. The molecule has 2 aromatic carbocycles. The van der Waals surface area contributed by atoms with Crippen molar-refractivity contribution in [3.05, 3.63) is 59.2 Å². The summed E-state index contributed by atoms with van der Waals surface area (Å²) in [6.45, 7) is 8.10. The fourth-order valence-electron chi connectivity index (χ4n) is 6.22. The van der Waals surface area contributed by atoms with Gasteiger partial charge >= 0.3 is 0 Å². The van der Waals surface area contributed by atoms with Crippen LogP contribution >= 0.6 is 0 Å². The number of Topliss-reactive ketones (excluding diaryl/α,β-unsaturated/α-hetero) is 2. The Kier molecular flexibility index (Phi) is 3.59. The van der Waals surface area contributed by atoms with Crippen molar-refractivity contribution in [1.29, 1.82) is 0 Å². The summed E-state index contributed by atoms with van der Waals surface area (Å²) in [5.74, 6) is -1.09. The molecule has 5 atom stereocenters. The number of fused-ring (bicyclic) bond motifs is 5. The zero-order chi connectivity index (χ0) is 19.8. The summed E-state index contributed by atoms with van der Waals surface area (Å²) in [5.41, 5.74) is 4.27. The molecule has 3 aliphatic rings. The van der Waals surface area contributed by atoms with Gasteiger partial charge in [0, 0.05) is 0 Å². The zero-order valence-corrected chi connectivity index (χ0v) is 16.9. The van der Waals surface area contributed by atoms with Crippen LogP contribution in [-0.2, 0) is 14.3 Å². The van der Waals surface area contributed by atoms with Gasteiger partial charge in [-0.25, -0.2) is 0 Å². The molecule has 2 aromatic rings. The molecule has 28 heavy (non-hydrogen) atoms. The second-order valence-corrected chi connectivity index (χ2v) is 9.31. The third-order valence-corrected chi connectivity index (χ3v) is 7.40. The lowest BCUT2D eigenvalue weighted by molar-refractivity contribution is -0.132. The van der Waals surface area contributed by atoms with Crippen LogP contribution in [0.1, 0.15) is 49.3 Å². The number of hydrogen-bond donors (Lipinski definition) is 0. The van der Waals surface area contributed by atoms with Gasteiger partial charge in [0.1, 0.15) is 5.92 Å². The van der Waals surface area contributed by atoms with Gasteiger partial charge in [0.2, 0.25) is 0 Å². The summed E-state index contributed by atoms with van der Waals surface area (Å²) < 4.78 is 6.24. The van der Waals surface area contributed by atoms with Gasteiger partial charge in [-0.1, -0.05) is 42.5 Å². The minimum Gasteiger partial charge on any atom is -0.368 e. The summed E-state index contributed by atoms with van der Waals surface area (Å²) in [6.07, 6.45) is 1.72. The van der Waals surface area contributed by atoms with Gasteiger partial charge in [0.25, 0.3) is 0 Å². The molecule has 2 saturated heterocycles. The van der Waals surface area contributed by atoms with E-state index >= 15 is 0 Å². The lowest BCUT2D eigenvalue weighted by atomic mass is 9.69. The van der Waals surface area contributed by atoms with Gasteiger partial charge in [0.15, 0.2) is 11.6 Å². The van der Waals surface area contributed by atoms with Crippen LogP contribution in [0.3, 0.4) is 0 Å². The molecule has 3 fully saturated rings. The first-order valence-electron chi connectivity index (χ1n) is 10.2. The van der Waals surface area contributed by atoms with Crippen LogP contribution in [0.15, 0.2) is 42.5 Å². The van der Waals surface area contributed by atoms with Crippen molar-refractivity contribution in [2.75, 3.05) is 0 Å². The Bertz CT molecular complexity index is 951. The van der Waals surface area contributed by atoms with E-state index in [1.54, 1.807) is 0 Å². The molecule has 2 heterocycles. The molecular weight excluding hydrogens is 348 g/mol. The third-order valence-electron chi connectivity index (χ3n) is 7.40. The largest absolute Gasteiger partial charge is 0.368 e. The minimum atomic E-state index is -0.638. The Morgan fingerprint density at radius 3 is 1.82 bits per heavy atom. The predicted octanol–water partition coefficient (Wildman–Crippen LogP) is 4.78. The third kappa shape index (κ3) is 2.20. The van der Waals surface area contributed by atoms with E-state index < -0.39 is 17.1 Å². The first-order chi connectivity index (χ1) is 13.3. The van der Waals surface area contributed by atoms with Crippen LogP contribution in [-0.4, -0.2) is 22.8 Å². The Morgan fingerprint density at radius 2 is 1.32 bits per heavy atom. The van der Waals surface area contributed by atoms with Crippen LogP contribution < -0.4 is 0 Å². The molecule has 5 rings (SSSR count). The van der Waals surface area contributed by atoms with Crippen molar-refractivity contribution in [3.8, 4) is 11.1 Å². The quantitative estimate of drug-likeness (QED) is 0.711. The highest BCUT2D eigenvalue weighted by Crippen LogP contribution is 2.63. The average Bonchev–Trinajstić information content (AvgIpc) is 3.20. The van der Waals surface area contributed by atoms with E-state index in [2.05, 4.69) is 24.3 Å². The van der Waals surface area contributed by atoms with E-state index in [1.165, 1.54) is 0 Å². The number of ether oxygens (including phenoxy) is 1. The molecule has 0 amide bonds. The number of aryl methyl sites for hydroxylation is 2. The molecular formula is C25H26O3. The number of carbonyl (C=O) groups excluding carboxylic acids is 2. The molecule has 3 nitrogen and oxygen atoms in total. The fourth-order valence-corrected chi connectivity index (χ4v) is 6.22. The standard InChI is InChI=1S/C25H26O3/c1-14-12-17(16-8-6-5-7-9-16)13-15(2)18(14)19-22(26)20-21(23(19)27)25(4)11-10-24(20,3)28-25/h5-9,12-13,19-21H,10-11H2,1-4H3/t19?,20-,21+,24-,25+. The first-order valence-corrected chi connectivity index (χ1v) is 10.2. The van der Waals surface area contributed by atoms with Gasteiger partial charge in [-0.2, -0.15) is 0 Å². The van der Waals surface area contributed by atoms with Gasteiger partial charge in [-0.15, -0.1) is 0 Å². The molecule has 1 saturated carbocycles. The van der Waals surface area contributed by atoms with Crippen LogP contribution in [0.25, 0.3) is 11.1 Å². The normalized spacial score (nSPS) is 36.2. The molecule has 1 unspecified atom stereocenters. The van der Waals surface area contributed by atoms with Crippen molar-refractivity contribution in [2.45, 2.75) is 57.7 Å². The van der Waals surface area contributed by atoms with Gasteiger partial charge in [-0.05, 0) is 68.4 Å². The van der Waals surface area contributed by atoms with E-state index in [0.717, 1.165) is 40.7 Å². The van der Waals surface area contributed by atoms with E-state index in [9.17, 15) is 9.59 Å². The fraction of sp³-hybridized carbons (Fsp3) is 0.440. The van der Waals surface area contributed by atoms with Crippen LogP contribution in [0, 0.1) is 25.7 Å². The molecule has 1 aliphatic carbocycles. The van der Waals surface area contributed by atoms with Crippen molar-refractivity contribution >= 4 is 11.6 Å². The van der Waals surface area contributed by atoms with Crippen molar-refractivity contribution < 1.29 is 14.3 Å². The maximum absolute atomic E-state index is 13.5. The zero-order valence-electron chi connectivity index (χ0n) is 16.9. The van der Waals surface area contributed by atoms with E-state index in [-0.39, 0.29) is 23.4 Å². The first kappa shape index (κ1) is 17.8. The van der Waals surface area contributed by atoms with E-state index in [4.69, 9.17) is 4.74 Å². The summed E-state index contributed by atoms with van der Waals surface area (Å²) in [7, 11) is 0. The molecule has 2 bridgehead atoms. The number of rotatable bonds is 2. The predicted molar refractivity (Wildman–Crippen MR) is 108 cm³/mol. The summed E-state index contributed by atoms with van der Waals surface area (Å²) in [6, 6.07) is 14.4. The Balaban J connectivity index is 1.59. The second kappa shape index (κ2) is 5.64. The number of ketones is 2. The van der Waals surface area contributed by atoms with Gasteiger partial charge < -0.3 is 4.74 Å². The lowest BCUT2D eigenvalue weighted by Crippen LogP contribution is -2.40. The molecule has 0 radical (unpaired) electrons. The topological polar surface area (TPSA) is 43.4 Å². The van der Waals surface area contributed by atoms with Crippen molar-refractivity contribution in [2.24, 2.45) is 11.8 Å². The number of benzene rings is 2. The minimum absolute atomic E-state index is 0.0691. The maximum atomic E-state index is 13.5. The summed E-state index contributed by atoms with van der Waals surface area (Å²) in [5, 5.41) is 0. The second-order valence-electron chi connectivity index (χ2n) is 9.31. The average molecular weight is 374 g/mol. The van der Waals surface area contributed by atoms with Crippen LogP contribution in [0.5, 0.6) is 0 Å². The lowest BCUT2D eigenvalue weighted by Gasteiger charge is -2.28. The Labute approximate surface area is 166 Å². The van der Waals surface area contributed by atoms with Gasteiger partial charge in [0.05, 0.1) is 23.0 Å². The molecule has 3 heteroatoms. The Morgan fingerprint density at radius 1 is 0.821 bits per heavy atom. The van der Waals surface area contributed by atoms with Crippen molar-refractivity contribution in [3.63, 3.8) is 0 Å². The maximum Gasteiger partial charge on any atom is 0.154 e. The molecule has 144 valence electrons. The highest BCUT2D eigenvalue weighted by molar-refractivity contribution is 6.17. The highest BCUT2D eigenvalue weighted by Gasteiger charge is 2.72. The summed E-state index contributed by atoms with van der Waals surface area (Å²) >= 11 is 0.